The second kappa shape index (κ2) is 10.7. The van der Waals surface area contributed by atoms with Crippen molar-refractivity contribution in [3.63, 3.8) is 0 Å². The molecule has 1 aliphatic rings. The van der Waals surface area contributed by atoms with Gasteiger partial charge < -0.3 is 21.5 Å². The molecule has 1 rings (SSSR count). The topological polar surface area (TPSA) is 0 Å². The Morgan fingerprint density at radius 2 is 1.65 bits per heavy atom. The molecule has 1 nitrogen and oxygen atoms in total. The van der Waals surface area contributed by atoms with Crippen molar-refractivity contribution in [1.82, 2.24) is 0 Å². The first kappa shape index (κ1) is 20.0. The number of halogens is 1. The average molecular weight is 344 g/mol. The summed E-state index contributed by atoms with van der Waals surface area (Å²) >= 11 is 0. The van der Waals surface area contributed by atoms with Gasteiger partial charge in [-0.25, -0.2) is 0 Å². The van der Waals surface area contributed by atoms with E-state index in [0.29, 0.717) is 0 Å². The standard InChI is InChI=1S/C18H34N.BrH/c1-5-13-19(14-7-6-8-15-19)16-12-18(4)11-9-10-17(2)3;/h1,17-18H,6-16H2,2-4H3;1H/q+1;/p-1. The van der Waals surface area contributed by atoms with Crippen LogP contribution in [0.15, 0.2) is 0 Å². The van der Waals surface area contributed by atoms with Crippen LogP contribution < -0.4 is 17.0 Å². The number of hydrogen-bond donors (Lipinski definition) is 0. The van der Waals surface area contributed by atoms with Crippen molar-refractivity contribution in [2.75, 3.05) is 26.2 Å². The van der Waals surface area contributed by atoms with Crippen LogP contribution in [0, 0.1) is 24.2 Å². The highest BCUT2D eigenvalue weighted by molar-refractivity contribution is 4.84. The van der Waals surface area contributed by atoms with E-state index in [1.165, 1.54) is 69.1 Å². The van der Waals surface area contributed by atoms with Crippen molar-refractivity contribution in [3.05, 3.63) is 0 Å². The minimum absolute atomic E-state index is 0. The lowest BCUT2D eigenvalue weighted by atomic mass is 9.96. The molecule has 0 aromatic rings. The Bertz CT molecular complexity index is 274. The van der Waals surface area contributed by atoms with Gasteiger partial charge in [-0.05, 0) is 43.4 Å². The Morgan fingerprint density at radius 3 is 2.20 bits per heavy atom. The van der Waals surface area contributed by atoms with Crippen LogP contribution in [0.3, 0.4) is 0 Å². The summed E-state index contributed by atoms with van der Waals surface area (Å²) in [7, 11) is 0. The van der Waals surface area contributed by atoms with E-state index in [9.17, 15) is 0 Å². The molecule has 118 valence electrons. The first-order valence-electron chi connectivity index (χ1n) is 8.36. The summed E-state index contributed by atoms with van der Waals surface area (Å²) in [4.78, 5) is 0. The summed E-state index contributed by atoms with van der Waals surface area (Å²) in [6, 6.07) is 0. The zero-order valence-corrected chi connectivity index (χ0v) is 15.4. The predicted octanol–water partition coefficient (Wildman–Crippen LogP) is 1.48. The molecule has 1 unspecified atom stereocenters. The lowest BCUT2D eigenvalue weighted by Crippen LogP contribution is -3.00. The number of terminal acetylenes is 1. The number of likely N-dealkylation sites (tertiary alicyclic amines) is 1. The molecule has 0 N–H and O–H groups in total. The van der Waals surface area contributed by atoms with E-state index in [4.69, 9.17) is 6.42 Å². The van der Waals surface area contributed by atoms with Gasteiger partial charge in [-0.1, -0.05) is 40.0 Å². The van der Waals surface area contributed by atoms with Crippen LogP contribution in [0.4, 0.5) is 0 Å². The summed E-state index contributed by atoms with van der Waals surface area (Å²) in [6.07, 6.45) is 15.3. The average Bonchev–Trinajstić information content (AvgIpc) is 2.38. The fourth-order valence-corrected chi connectivity index (χ4v) is 3.35. The third kappa shape index (κ3) is 7.70. The molecule has 0 amide bonds. The van der Waals surface area contributed by atoms with Gasteiger partial charge >= 0.3 is 0 Å². The van der Waals surface area contributed by atoms with Gasteiger partial charge in [0.25, 0.3) is 0 Å². The summed E-state index contributed by atoms with van der Waals surface area (Å²) in [5.41, 5.74) is 0. The molecule has 0 aromatic carbocycles. The molecule has 0 saturated carbocycles. The normalized spacial score (nSPS) is 19.1. The zero-order valence-electron chi connectivity index (χ0n) is 13.8. The Balaban J connectivity index is 0.00000361. The van der Waals surface area contributed by atoms with E-state index < -0.39 is 0 Å². The molecule has 0 aromatic heterocycles. The van der Waals surface area contributed by atoms with Crippen LogP contribution in [0.25, 0.3) is 0 Å². The van der Waals surface area contributed by atoms with Gasteiger partial charge in [0.15, 0.2) is 0 Å². The highest BCUT2D eigenvalue weighted by Crippen LogP contribution is 2.22. The minimum Gasteiger partial charge on any atom is -1.00 e. The molecular formula is C18H34BrN. The van der Waals surface area contributed by atoms with Crippen molar-refractivity contribution in [2.24, 2.45) is 11.8 Å². The van der Waals surface area contributed by atoms with Gasteiger partial charge in [-0.15, -0.1) is 6.42 Å². The number of piperidine rings is 1. The predicted molar refractivity (Wildman–Crippen MR) is 84.9 cm³/mol. The molecular weight excluding hydrogens is 310 g/mol. The van der Waals surface area contributed by atoms with Crippen LogP contribution >= 0.6 is 0 Å². The van der Waals surface area contributed by atoms with Crippen molar-refractivity contribution in [2.45, 2.75) is 65.7 Å². The summed E-state index contributed by atoms with van der Waals surface area (Å²) < 4.78 is 1.21. The highest BCUT2D eigenvalue weighted by Gasteiger charge is 2.28. The van der Waals surface area contributed by atoms with Crippen LogP contribution in [0.1, 0.15) is 65.7 Å². The van der Waals surface area contributed by atoms with Crippen LogP contribution in [-0.2, 0) is 0 Å². The summed E-state index contributed by atoms with van der Waals surface area (Å²) in [6.45, 7) is 12.0. The first-order chi connectivity index (χ1) is 9.08. The largest absolute Gasteiger partial charge is 1.00 e. The highest BCUT2D eigenvalue weighted by atomic mass is 79.9. The van der Waals surface area contributed by atoms with Crippen molar-refractivity contribution >= 4 is 0 Å². The zero-order chi connectivity index (χ0) is 14.1. The molecule has 0 radical (unpaired) electrons. The molecule has 20 heavy (non-hydrogen) atoms. The number of rotatable bonds is 8. The van der Waals surface area contributed by atoms with E-state index in [1.54, 1.807) is 0 Å². The molecule has 1 fully saturated rings. The fourth-order valence-electron chi connectivity index (χ4n) is 3.35. The lowest BCUT2D eigenvalue weighted by molar-refractivity contribution is -0.926. The smallest absolute Gasteiger partial charge is 0.140 e. The second-order valence-corrected chi connectivity index (χ2v) is 7.15. The fraction of sp³-hybridized carbons (Fsp3) is 0.889. The second-order valence-electron chi connectivity index (χ2n) is 7.15. The van der Waals surface area contributed by atoms with E-state index in [0.717, 1.165) is 18.4 Å². The SMILES string of the molecule is C#CC[N+]1(CCC(C)CCCC(C)C)CCCCC1.[Br-]. The monoisotopic (exact) mass is 343 g/mol. The third-order valence-corrected chi connectivity index (χ3v) is 4.77. The number of nitrogens with zero attached hydrogens (tertiary/aromatic N) is 1. The number of quaternary nitrogens is 1. The Kier molecular flexibility index (Phi) is 10.7. The van der Waals surface area contributed by atoms with E-state index in [-0.39, 0.29) is 17.0 Å². The van der Waals surface area contributed by atoms with Gasteiger partial charge in [0.2, 0.25) is 0 Å². The summed E-state index contributed by atoms with van der Waals surface area (Å²) in [5, 5.41) is 0. The Labute approximate surface area is 137 Å². The van der Waals surface area contributed by atoms with Crippen LogP contribution in [-0.4, -0.2) is 30.7 Å². The molecule has 0 bridgehead atoms. The maximum atomic E-state index is 5.60. The van der Waals surface area contributed by atoms with Gasteiger partial charge in [0.1, 0.15) is 6.54 Å². The first-order valence-corrected chi connectivity index (χ1v) is 8.36. The maximum absolute atomic E-state index is 5.60. The Morgan fingerprint density at radius 1 is 1.00 bits per heavy atom. The molecule has 0 aliphatic carbocycles. The molecule has 1 aliphatic heterocycles. The summed E-state index contributed by atoms with van der Waals surface area (Å²) in [5.74, 6) is 4.66. The molecule has 1 saturated heterocycles. The molecule has 1 atom stereocenters. The van der Waals surface area contributed by atoms with Crippen molar-refractivity contribution in [1.29, 1.82) is 0 Å². The van der Waals surface area contributed by atoms with Gasteiger partial charge in [0, 0.05) is 0 Å². The van der Waals surface area contributed by atoms with Crippen molar-refractivity contribution < 1.29 is 21.5 Å². The van der Waals surface area contributed by atoms with E-state index in [2.05, 4.69) is 26.7 Å². The van der Waals surface area contributed by atoms with Gasteiger partial charge in [-0.2, -0.15) is 0 Å². The van der Waals surface area contributed by atoms with E-state index in [1.807, 2.05) is 0 Å². The Hall–Kier alpha value is 0. The lowest BCUT2D eigenvalue weighted by Gasteiger charge is -2.40. The van der Waals surface area contributed by atoms with E-state index >= 15 is 0 Å². The van der Waals surface area contributed by atoms with Crippen LogP contribution in [0.5, 0.6) is 0 Å². The van der Waals surface area contributed by atoms with Crippen LogP contribution in [0.2, 0.25) is 0 Å². The number of hydrogen-bond acceptors (Lipinski definition) is 0. The van der Waals surface area contributed by atoms with Gasteiger partial charge in [-0.3, -0.25) is 0 Å². The van der Waals surface area contributed by atoms with Gasteiger partial charge in [0.05, 0.1) is 19.6 Å². The molecule has 0 spiro atoms. The quantitative estimate of drug-likeness (QED) is 0.462. The molecule has 2 heteroatoms. The maximum Gasteiger partial charge on any atom is 0.140 e. The van der Waals surface area contributed by atoms with Crippen molar-refractivity contribution in [3.8, 4) is 12.3 Å². The third-order valence-electron chi connectivity index (χ3n) is 4.77. The minimum atomic E-state index is 0. The molecule has 1 heterocycles.